The van der Waals surface area contributed by atoms with E-state index in [1.165, 1.54) is 0 Å². The largest absolute Gasteiger partial charge is 0.481 e. The van der Waals surface area contributed by atoms with Gasteiger partial charge < -0.3 is 5.11 Å². The predicted octanol–water partition coefficient (Wildman–Crippen LogP) is 0.673. The van der Waals surface area contributed by atoms with Gasteiger partial charge in [-0.3, -0.25) is 4.79 Å². The van der Waals surface area contributed by atoms with Crippen molar-refractivity contribution in [2.45, 2.75) is 37.2 Å². The predicted molar refractivity (Wildman–Crippen MR) is 48.2 cm³/mol. The molecule has 13 heavy (non-hydrogen) atoms. The molecule has 2 atom stereocenters. The summed E-state index contributed by atoms with van der Waals surface area (Å²) in [7, 11) is -3.07. The van der Waals surface area contributed by atoms with E-state index >= 15 is 0 Å². The Morgan fingerprint density at radius 2 is 1.62 bits per heavy atom. The SMILES string of the molecule is CC1CC(C(=O)O)CC(C)S1(=O)=O. The van der Waals surface area contributed by atoms with Gasteiger partial charge >= 0.3 is 5.97 Å². The van der Waals surface area contributed by atoms with E-state index in [0.29, 0.717) is 0 Å². The summed E-state index contributed by atoms with van der Waals surface area (Å²) >= 11 is 0. The molecule has 0 radical (unpaired) electrons. The van der Waals surface area contributed by atoms with Crippen LogP contribution in [0.1, 0.15) is 26.7 Å². The summed E-state index contributed by atoms with van der Waals surface area (Å²) in [5, 5.41) is 7.72. The average Bonchev–Trinajstić information content (AvgIpc) is 2.00. The molecule has 4 nitrogen and oxygen atoms in total. The first-order valence-electron chi connectivity index (χ1n) is 4.31. The lowest BCUT2D eigenvalue weighted by Crippen LogP contribution is -2.39. The fourth-order valence-electron chi connectivity index (χ4n) is 1.76. The molecule has 0 amide bonds. The minimum absolute atomic E-state index is 0.252. The number of hydrogen-bond donors (Lipinski definition) is 1. The first kappa shape index (κ1) is 10.5. The first-order valence-corrected chi connectivity index (χ1v) is 5.92. The Labute approximate surface area is 77.9 Å². The lowest BCUT2D eigenvalue weighted by Gasteiger charge is -2.28. The van der Waals surface area contributed by atoms with E-state index in [2.05, 4.69) is 0 Å². The molecule has 1 N–H and O–H groups in total. The number of aliphatic carboxylic acids is 1. The summed E-state index contributed by atoms with van der Waals surface area (Å²) in [5.41, 5.74) is 0. The van der Waals surface area contributed by atoms with Gasteiger partial charge in [0.05, 0.1) is 16.4 Å². The van der Waals surface area contributed by atoms with Gasteiger partial charge in [0.1, 0.15) is 0 Å². The Kier molecular flexibility index (Phi) is 2.66. The number of carboxylic acids is 1. The summed E-state index contributed by atoms with van der Waals surface area (Å²) in [6.45, 7) is 3.17. The van der Waals surface area contributed by atoms with Gasteiger partial charge in [-0.2, -0.15) is 0 Å². The molecule has 1 aliphatic heterocycles. The third kappa shape index (κ3) is 1.85. The topological polar surface area (TPSA) is 71.4 Å². The van der Waals surface area contributed by atoms with Gasteiger partial charge in [-0.05, 0) is 26.7 Å². The number of rotatable bonds is 1. The van der Waals surface area contributed by atoms with Crippen LogP contribution in [0.25, 0.3) is 0 Å². The summed E-state index contributed by atoms with van der Waals surface area (Å²) in [5.74, 6) is -1.37. The second-order valence-electron chi connectivity index (χ2n) is 3.72. The van der Waals surface area contributed by atoms with Crippen molar-refractivity contribution in [3.05, 3.63) is 0 Å². The van der Waals surface area contributed by atoms with Gasteiger partial charge in [0.15, 0.2) is 9.84 Å². The van der Waals surface area contributed by atoms with Crippen LogP contribution in [0.15, 0.2) is 0 Å². The van der Waals surface area contributed by atoms with Gasteiger partial charge in [0.2, 0.25) is 0 Å². The third-order valence-corrected chi connectivity index (χ3v) is 5.33. The van der Waals surface area contributed by atoms with E-state index < -0.39 is 32.2 Å². The maximum atomic E-state index is 11.5. The van der Waals surface area contributed by atoms with Crippen molar-refractivity contribution in [3.8, 4) is 0 Å². The molecule has 1 fully saturated rings. The molecule has 0 aromatic heterocycles. The molecule has 0 bridgehead atoms. The molecule has 76 valence electrons. The highest BCUT2D eigenvalue weighted by Gasteiger charge is 2.39. The fraction of sp³-hybridized carbons (Fsp3) is 0.875. The van der Waals surface area contributed by atoms with Gasteiger partial charge in [0.25, 0.3) is 0 Å². The highest BCUT2D eigenvalue weighted by Crippen LogP contribution is 2.29. The van der Waals surface area contributed by atoms with Crippen molar-refractivity contribution in [1.29, 1.82) is 0 Å². The number of sulfone groups is 1. The molecule has 2 unspecified atom stereocenters. The lowest BCUT2D eigenvalue weighted by molar-refractivity contribution is -0.142. The van der Waals surface area contributed by atoms with Crippen LogP contribution in [0.2, 0.25) is 0 Å². The highest BCUT2D eigenvalue weighted by atomic mass is 32.2. The Balaban J connectivity index is 2.85. The monoisotopic (exact) mass is 206 g/mol. The molecule has 0 spiro atoms. The number of hydrogen-bond acceptors (Lipinski definition) is 3. The second-order valence-corrected chi connectivity index (χ2v) is 6.50. The van der Waals surface area contributed by atoms with E-state index in [-0.39, 0.29) is 12.8 Å². The van der Waals surface area contributed by atoms with Crippen molar-refractivity contribution in [2.24, 2.45) is 5.92 Å². The summed E-state index contributed by atoms with van der Waals surface area (Å²) in [6, 6.07) is 0. The molecule has 5 heteroatoms. The molecule has 1 heterocycles. The zero-order valence-electron chi connectivity index (χ0n) is 7.73. The quantitative estimate of drug-likeness (QED) is 0.684. The van der Waals surface area contributed by atoms with Crippen molar-refractivity contribution in [1.82, 2.24) is 0 Å². The molecule has 0 aromatic carbocycles. The van der Waals surface area contributed by atoms with Crippen molar-refractivity contribution >= 4 is 15.8 Å². The highest BCUT2D eigenvalue weighted by molar-refractivity contribution is 7.92. The molecule has 1 saturated heterocycles. The van der Waals surface area contributed by atoms with E-state index in [1.54, 1.807) is 13.8 Å². The smallest absolute Gasteiger partial charge is 0.306 e. The zero-order valence-corrected chi connectivity index (χ0v) is 8.54. The summed E-state index contributed by atoms with van der Waals surface area (Å²) in [6.07, 6.45) is 0.504. The van der Waals surface area contributed by atoms with Crippen molar-refractivity contribution < 1.29 is 18.3 Å². The van der Waals surface area contributed by atoms with Gasteiger partial charge in [0, 0.05) is 0 Å². The molecule has 0 saturated carbocycles. The Morgan fingerprint density at radius 3 is 1.92 bits per heavy atom. The third-order valence-electron chi connectivity index (χ3n) is 2.70. The van der Waals surface area contributed by atoms with Crippen LogP contribution >= 0.6 is 0 Å². The number of carbonyl (C=O) groups is 1. The van der Waals surface area contributed by atoms with Crippen LogP contribution in [0.4, 0.5) is 0 Å². The second kappa shape index (κ2) is 3.29. The standard InChI is InChI=1S/C8H14O4S/c1-5-3-7(8(9)10)4-6(2)13(5,11)12/h5-7H,3-4H2,1-2H3,(H,9,10). The molecule has 1 rings (SSSR count). The van der Waals surface area contributed by atoms with Crippen LogP contribution in [0.5, 0.6) is 0 Å². The molecular weight excluding hydrogens is 192 g/mol. The van der Waals surface area contributed by atoms with E-state index in [1.807, 2.05) is 0 Å². The van der Waals surface area contributed by atoms with Crippen LogP contribution < -0.4 is 0 Å². The number of carboxylic acid groups (broad SMARTS) is 1. The normalized spacial score (nSPS) is 38.5. The minimum Gasteiger partial charge on any atom is -0.481 e. The van der Waals surface area contributed by atoms with Crippen LogP contribution in [-0.2, 0) is 14.6 Å². The maximum Gasteiger partial charge on any atom is 0.306 e. The minimum atomic E-state index is -3.07. The molecule has 1 aliphatic rings. The van der Waals surface area contributed by atoms with Crippen molar-refractivity contribution in [3.63, 3.8) is 0 Å². The van der Waals surface area contributed by atoms with E-state index in [9.17, 15) is 13.2 Å². The first-order chi connectivity index (χ1) is 5.85. The molecular formula is C8H14O4S. The molecule has 0 aromatic rings. The van der Waals surface area contributed by atoms with Gasteiger partial charge in [-0.15, -0.1) is 0 Å². The summed E-state index contributed by atoms with van der Waals surface area (Å²) in [4.78, 5) is 10.7. The van der Waals surface area contributed by atoms with Gasteiger partial charge in [-0.25, -0.2) is 8.42 Å². The fourth-order valence-corrected chi connectivity index (χ4v) is 3.56. The van der Waals surface area contributed by atoms with Crippen molar-refractivity contribution in [2.75, 3.05) is 0 Å². The van der Waals surface area contributed by atoms with Crippen LogP contribution in [0.3, 0.4) is 0 Å². The van der Waals surface area contributed by atoms with Crippen LogP contribution in [-0.4, -0.2) is 30.0 Å². The van der Waals surface area contributed by atoms with E-state index in [0.717, 1.165) is 0 Å². The Hall–Kier alpha value is -0.580. The van der Waals surface area contributed by atoms with E-state index in [4.69, 9.17) is 5.11 Å². The zero-order chi connectivity index (χ0) is 10.2. The Morgan fingerprint density at radius 1 is 1.23 bits per heavy atom. The summed E-state index contributed by atoms with van der Waals surface area (Å²) < 4.78 is 23.0. The van der Waals surface area contributed by atoms with Crippen LogP contribution in [0, 0.1) is 5.92 Å². The maximum absolute atomic E-state index is 11.5. The average molecular weight is 206 g/mol. The molecule has 0 aliphatic carbocycles. The lowest BCUT2D eigenvalue weighted by atomic mass is 9.97. The Bertz CT molecular complexity index is 288. The van der Waals surface area contributed by atoms with Gasteiger partial charge in [-0.1, -0.05) is 0 Å².